The summed E-state index contributed by atoms with van der Waals surface area (Å²) in [6, 6.07) is 0. The number of hydrogen-bond acceptors (Lipinski definition) is 5. The van der Waals surface area contributed by atoms with E-state index in [2.05, 4.69) is 9.47 Å². The molecule has 2 atom stereocenters. The molecule has 0 aromatic carbocycles. The van der Waals surface area contributed by atoms with E-state index in [4.69, 9.17) is 23.2 Å². The van der Waals surface area contributed by atoms with E-state index in [-0.39, 0.29) is 11.8 Å². The molecule has 0 aliphatic heterocycles. The minimum Gasteiger partial charge on any atom is -0.468 e. The van der Waals surface area contributed by atoms with E-state index in [1.807, 2.05) is 0 Å². The van der Waals surface area contributed by atoms with Crippen molar-refractivity contribution in [2.45, 2.75) is 10.5 Å². The van der Waals surface area contributed by atoms with Crippen molar-refractivity contribution in [2.75, 3.05) is 26.0 Å². The fourth-order valence-corrected chi connectivity index (χ4v) is 2.42. The smallest absolute Gasteiger partial charge is 0.320 e. The molecule has 7 heteroatoms. The molecule has 0 fully saturated rings. The normalized spacial score (nSPS) is 14.1. The Morgan fingerprint density at radius 2 is 1.40 bits per heavy atom. The molecule has 0 aromatic heterocycles. The van der Waals surface area contributed by atoms with Crippen LogP contribution in [0, 0.1) is 0 Å². The molecule has 0 aliphatic carbocycles. The average molecular weight is 275 g/mol. The highest BCUT2D eigenvalue weighted by Gasteiger charge is 2.28. The summed E-state index contributed by atoms with van der Waals surface area (Å²) in [5.74, 6) is -0.841. The molecule has 0 bridgehead atoms. The Balaban J connectivity index is 4.36. The van der Waals surface area contributed by atoms with Gasteiger partial charge in [0.25, 0.3) is 0 Å². The predicted octanol–water partition coefficient (Wildman–Crippen LogP) is 1.28. The second-order valence-electron chi connectivity index (χ2n) is 2.47. The lowest BCUT2D eigenvalue weighted by molar-refractivity contribution is -0.139. The Bertz CT molecular complexity index is 203. The number of thioether (sulfide) groups is 1. The largest absolute Gasteiger partial charge is 0.468 e. The van der Waals surface area contributed by atoms with Gasteiger partial charge in [-0.3, -0.25) is 9.59 Å². The highest BCUT2D eigenvalue weighted by molar-refractivity contribution is 8.02. The van der Waals surface area contributed by atoms with Gasteiger partial charge < -0.3 is 9.47 Å². The van der Waals surface area contributed by atoms with Crippen molar-refractivity contribution in [3.8, 4) is 0 Å². The van der Waals surface area contributed by atoms with Crippen LogP contribution in [-0.2, 0) is 19.1 Å². The first kappa shape index (κ1) is 14.9. The van der Waals surface area contributed by atoms with E-state index < -0.39 is 22.4 Å². The molecule has 0 aromatic rings. The third kappa shape index (κ3) is 4.95. The molecule has 4 nitrogen and oxygen atoms in total. The number of rotatable bonds is 6. The highest BCUT2D eigenvalue weighted by Crippen LogP contribution is 2.22. The lowest BCUT2D eigenvalue weighted by Gasteiger charge is -2.16. The summed E-state index contributed by atoms with van der Waals surface area (Å²) >= 11 is 12.2. The zero-order chi connectivity index (χ0) is 11.8. The Morgan fingerprint density at radius 3 is 1.60 bits per heavy atom. The second-order valence-corrected chi connectivity index (χ2v) is 4.50. The van der Waals surface area contributed by atoms with Crippen molar-refractivity contribution in [1.29, 1.82) is 0 Å². The van der Waals surface area contributed by atoms with Gasteiger partial charge in [0.15, 0.2) is 0 Å². The summed E-state index contributed by atoms with van der Waals surface area (Å²) in [5, 5.41) is -1.22. The standard InChI is InChI=1S/C8H12Cl2O4S/c1-13-7(11)5(3-9)15-6(4-10)8(12)14-2/h5-6H,3-4H2,1-2H3. The molecule has 0 amide bonds. The number of carbonyl (C=O) groups is 2. The van der Waals surface area contributed by atoms with E-state index in [1.54, 1.807) is 0 Å². The van der Waals surface area contributed by atoms with Gasteiger partial charge in [0.2, 0.25) is 0 Å². The topological polar surface area (TPSA) is 52.6 Å². The summed E-state index contributed by atoms with van der Waals surface area (Å²) < 4.78 is 9.05. The van der Waals surface area contributed by atoms with E-state index in [0.717, 1.165) is 11.8 Å². The third-order valence-corrected chi connectivity index (χ3v) is 3.90. The molecule has 0 heterocycles. The van der Waals surface area contributed by atoms with Gasteiger partial charge in [0.05, 0.1) is 14.2 Å². The predicted molar refractivity (Wildman–Crippen MR) is 60.6 cm³/mol. The number of alkyl halides is 2. The van der Waals surface area contributed by atoms with Crippen molar-refractivity contribution < 1.29 is 19.1 Å². The Kier molecular flexibility index (Phi) is 8.00. The van der Waals surface area contributed by atoms with Crippen LogP contribution in [0.25, 0.3) is 0 Å². The highest BCUT2D eigenvalue weighted by atomic mass is 35.5. The molecular weight excluding hydrogens is 263 g/mol. The van der Waals surface area contributed by atoms with Gasteiger partial charge in [-0.15, -0.1) is 35.0 Å². The van der Waals surface area contributed by atoms with Crippen LogP contribution in [-0.4, -0.2) is 48.4 Å². The Labute approximate surface area is 103 Å². The maximum absolute atomic E-state index is 11.2. The Hall–Kier alpha value is -0.130. The molecule has 0 saturated carbocycles. The molecule has 0 aliphatic rings. The van der Waals surface area contributed by atoms with Crippen LogP contribution in [0.3, 0.4) is 0 Å². The molecular formula is C8H12Cl2O4S. The molecule has 0 rings (SSSR count). The quantitative estimate of drug-likeness (QED) is 0.540. The maximum Gasteiger partial charge on any atom is 0.320 e. The van der Waals surface area contributed by atoms with Crippen LogP contribution in [0.15, 0.2) is 0 Å². The van der Waals surface area contributed by atoms with Crippen molar-refractivity contribution in [3.05, 3.63) is 0 Å². The second kappa shape index (κ2) is 8.07. The van der Waals surface area contributed by atoms with Gasteiger partial charge in [-0.25, -0.2) is 0 Å². The van der Waals surface area contributed by atoms with Gasteiger partial charge in [-0.2, -0.15) is 0 Å². The molecule has 88 valence electrons. The summed E-state index contributed by atoms with van der Waals surface area (Å²) in [6.45, 7) is 0. The van der Waals surface area contributed by atoms with Crippen molar-refractivity contribution in [1.82, 2.24) is 0 Å². The van der Waals surface area contributed by atoms with Crippen molar-refractivity contribution >= 4 is 46.9 Å². The number of carbonyl (C=O) groups excluding carboxylic acids is 2. The van der Waals surface area contributed by atoms with Gasteiger partial charge in [-0.1, -0.05) is 0 Å². The first-order valence-electron chi connectivity index (χ1n) is 4.03. The number of halogens is 2. The minimum atomic E-state index is -0.612. The third-order valence-electron chi connectivity index (χ3n) is 1.54. The maximum atomic E-state index is 11.2. The van der Waals surface area contributed by atoms with Gasteiger partial charge in [0.1, 0.15) is 10.5 Å². The lowest BCUT2D eigenvalue weighted by Crippen LogP contribution is -2.29. The molecule has 0 spiro atoms. The van der Waals surface area contributed by atoms with Crippen LogP contribution in [0.2, 0.25) is 0 Å². The van der Waals surface area contributed by atoms with E-state index in [9.17, 15) is 9.59 Å². The van der Waals surface area contributed by atoms with Gasteiger partial charge in [0, 0.05) is 11.8 Å². The lowest BCUT2D eigenvalue weighted by atomic mass is 10.5. The van der Waals surface area contributed by atoms with Crippen molar-refractivity contribution in [3.63, 3.8) is 0 Å². The summed E-state index contributed by atoms with van der Waals surface area (Å²) in [6.07, 6.45) is 0. The SMILES string of the molecule is COC(=O)C(CCl)SC(CCl)C(=O)OC. The monoisotopic (exact) mass is 274 g/mol. The molecule has 0 N–H and O–H groups in total. The fraction of sp³-hybridized carbons (Fsp3) is 0.750. The summed E-state index contributed by atoms with van der Waals surface area (Å²) in [7, 11) is 2.52. The number of methoxy groups -OCH3 is 2. The molecule has 0 saturated heterocycles. The molecule has 15 heavy (non-hydrogen) atoms. The number of esters is 2. The Morgan fingerprint density at radius 1 is 1.07 bits per heavy atom. The van der Waals surface area contributed by atoms with Crippen LogP contribution in [0.4, 0.5) is 0 Å². The first-order valence-corrected chi connectivity index (χ1v) is 6.04. The number of hydrogen-bond donors (Lipinski definition) is 0. The summed E-state index contributed by atoms with van der Waals surface area (Å²) in [5.41, 5.74) is 0. The minimum absolute atomic E-state index is 0.0573. The van der Waals surface area contributed by atoms with Crippen LogP contribution in [0.1, 0.15) is 0 Å². The fourth-order valence-electron chi connectivity index (χ4n) is 0.771. The van der Waals surface area contributed by atoms with Gasteiger partial charge >= 0.3 is 11.9 Å². The van der Waals surface area contributed by atoms with Crippen molar-refractivity contribution in [2.24, 2.45) is 0 Å². The summed E-state index contributed by atoms with van der Waals surface area (Å²) in [4.78, 5) is 22.4. The number of ether oxygens (including phenoxy) is 2. The van der Waals surface area contributed by atoms with E-state index >= 15 is 0 Å². The van der Waals surface area contributed by atoms with Crippen LogP contribution >= 0.6 is 35.0 Å². The van der Waals surface area contributed by atoms with E-state index in [0.29, 0.717) is 0 Å². The van der Waals surface area contributed by atoms with Gasteiger partial charge in [-0.05, 0) is 0 Å². The average Bonchev–Trinajstić information content (AvgIpc) is 2.28. The first-order chi connectivity index (χ1) is 7.10. The molecule has 2 unspecified atom stereocenters. The van der Waals surface area contributed by atoms with E-state index in [1.165, 1.54) is 14.2 Å². The zero-order valence-corrected chi connectivity index (χ0v) is 10.7. The van der Waals surface area contributed by atoms with Crippen LogP contribution in [0.5, 0.6) is 0 Å². The molecule has 0 radical (unpaired) electrons. The zero-order valence-electron chi connectivity index (χ0n) is 8.37. The van der Waals surface area contributed by atoms with Crippen LogP contribution < -0.4 is 0 Å².